The number of hydrogen-bond acceptors (Lipinski definition) is 6. The van der Waals surface area contributed by atoms with Crippen molar-refractivity contribution in [1.29, 1.82) is 0 Å². The Balaban J connectivity index is 1.38. The van der Waals surface area contributed by atoms with Gasteiger partial charge in [-0.25, -0.2) is 4.39 Å². The van der Waals surface area contributed by atoms with Crippen molar-refractivity contribution in [1.82, 2.24) is 10.2 Å². The van der Waals surface area contributed by atoms with Crippen molar-refractivity contribution in [3.63, 3.8) is 0 Å². The molecule has 1 heterocycles. The minimum Gasteiger partial charge on any atom is -0.497 e. The fourth-order valence-electron chi connectivity index (χ4n) is 4.48. The lowest BCUT2D eigenvalue weighted by molar-refractivity contribution is -0.123. The Morgan fingerprint density at radius 3 is 2.14 bits per heavy atom. The number of rotatable bonds is 10. The number of piperazine rings is 1. The van der Waals surface area contributed by atoms with E-state index in [-0.39, 0.29) is 24.4 Å². The summed E-state index contributed by atoms with van der Waals surface area (Å²) in [4.78, 5) is 19.4. The molecule has 1 saturated heterocycles. The fourth-order valence-corrected chi connectivity index (χ4v) is 4.48. The molecule has 1 unspecified atom stereocenters. The highest BCUT2D eigenvalue weighted by atomic mass is 19.1. The highest BCUT2D eigenvalue weighted by molar-refractivity contribution is 5.77. The summed E-state index contributed by atoms with van der Waals surface area (Å²) in [6.07, 6.45) is 0. The quantitative estimate of drug-likeness (QED) is 0.449. The summed E-state index contributed by atoms with van der Waals surface area (Å²) in [6.45, 7) is 3.73. The van der Waals surface area contributed by atoms with E-state index in [4.69, 9.17) is 9.47 Å². The van der Waals surface area contributed by atoms with Crippen molar-refractivity contribution in [2.24, 2.45) is 0 Å². The van der Waals surface area contributed by atoms with Crippen LogP contribution in [0.15, 0.2) is 72.8 Å². The number of hydrogen-bond donors (Lipinski definition) is 1. The molecular formula is C29H35FN4O3. The molecule has 0 aromatic heterocycles. The Labute approximate surface area is 218 Å². The lowest BCUT2D eigenvalue weighted by atomic mass is 10.0. The van der Waals surface area contributed by atoms with Crippen molar-refractivity contribution in [2.75, 3.05) is 70.3 Å². The SMILES string of the molecule is COc1ccc(OCC(=O)NCC(c2ccc(N(C)C)cc2)N2CCN(c3ccc(F)cc3)CC2)cc1. The van der Waals surface area contributed by atoms with Crippen LogP contribution in [0.2, 0.25) is 0 Å². The molecule has 3 aromatic carbocycles. The van der Waals surface area contributed by atoms with Gasteiger partial charge in [0.15, 0.2) is 6.61 Å². The van der Waals surface area contributed by atoms with Gasteiger partial charge in [-0.05, 0) is 66.2 Å². The number of carbonyl (C=O) groups is 1. The minimum absolute atomic E-state index is 0.0246. The molecule has 1 atom stereocenters. The van der Waals surface area contributed by atoms with Gasteiger partial charge in [-0.1, -0.05) is 12.1 Å². The molecule has 3 aromatic rings. The van der Waals surface area contributed by atoms with Crippen LogP contribution in [0.25, 0.3) is 0 Å². The molecule has 8 heteroatoms. The molecule has 1 N–H and O–H groups in total. The Hall–Kier alpha value is -3.78. The van der Waals surface area contributed by atoms with Gasteiger partial charge >= 0.3 is 0 Å². The maximum absolute atomic E-state index is 13.3. The van der Waals surface area contributed by atoms with E-state index in [0.717, 1.165) is 48.9 Å². The van der Waals surface area contributed by atoms with E-state index in [0.29, 0.717) is 12.3 Å². The van der Waals surface area contributed by atoms with Gasteiger partial charge in [0, 0.05) is 58.2 Å². The molecule has 1 aliphatic heterocycles. The van der Waals surface area contributed by atoms with E-state index in [9.17, 15) is 9.18 Å². The van der Waals surface area contributed by atoms with E-state index in [2.05, 4.69) is 44.3 Å². The Bertz CT molecular complexity index is 1130. The molecule has 1 aliphatic rings. The normalized spacial score (nSPS) is 14.6. The number of methoxy groups -OCH3 is 1. The lowest BCUT2D eigenvalue weighted by Crippen LogP contribution is -2.50. The first kappa shape index (κ1) is 26.3. The van der Waals surface area contributed by atoms with E-state index in [1.165, 1.54) is 12.1 Å². The molecular weight excluding hydrogens is 471 g/mol. The number of halogens is 1. The third-order valence-electron chi connectivity index (χ3n) is 6.66. The van der Waals surface area contributed by atoms with Crippen LogP contribution >= 0.6 is 0 Å². The third kappa shape index (κ3) is 7.13. The van der Waals surface area contributed by atoms with Gasteiger partial charge < -0.3 is 24.6 Å². The van der Waals surface area contributed by atoms with Crippen LogP contribution in [-0.2, 0) is 4.79 Å². The summed E-state index contributed by atoms with van der Waals surface area (Å²) >= 11 is 0. The second kappa shape index (κ2) is 12.5. The summed E-state index contributed by atoms with van der Waals surface area (Å²) < 4.78 is 24.1. The second-order valence-electron chi connectivity index (χ2n) is 9.27. The van der Waals surface area contributed by atoms with E-state index in [1.54, 1.807) is 31.4 Å². The molecule has 196 valence electrons. The summed E-state index contributed by atoms with van der Waals surface area (Å²) in [7, 11) is 5.64. The summed E-state index contributed by atoms with van der Waals surface area (Å²) in [5.74, 6) is 0.953. The first-order valence-electron chi connectivity index (χ1n) is 12.5. The average molecular weight is 507 g/mol. The van der Waals surface area contributed by atoms with Crippen LogP contribution in [0.4, 0.5) is 15.8 Å². The molecule has 37 heavy (non-hydrogen) atoms. The number of nitrogens with zero attached hydrogens (tertiary/aromatic N) is 3. The molecule has 0 spiro atoms. The van der Waals surface area contributed by atoms with Gasteiger partial charge in [0.05, 0.1) is 13.2 Å². The molecule has 7 nitrogen and oxygen atoms in total. The van der Waals surface area contributed by atoms with Crippen molar-refractivity contribution < 1.29 is 18.7 Å². The molecule has 0 aliphatic carbocycles. The van der Waals surface area contributed by atoms with Crippen LogP contribution in [0.3, 0.4) is 0 Å². The zero-order chi connectivity index (χ0) is 26.2. The van der Waals surface area contributed by atoms with Gasteiger partial charge in [0.2, 0.25) is 0 Å². The van der Waals surface area contributed by atoms with Crippen LogP contribution < -0.4 is 24.6 Å². The summed E-state index contributed by atoms with van der Waals surface area (Å²) in [5.41, 5.74) is 3.30. The van der Waals surface area contributed by atoms with Crippen LogP contribution in [0, 0.1) is 5.82 Å². The van der Waals surface area contributed by atoms with Gasteiger partial charge in [0.25, 0.3) is 5.91 Å². The number of amides is 1. The van der Waals surface area contributed by atoms with Crippen LogP contribution in [0.5, 0.6) is 11.5 Å². The van der Waals surface area contributed by atoms with Crippen molar-refractivity contribution in [3.05, 3.63) is 84.2 Å². The number of anilines is 2. The fraction of sp³-hybridized carbons (Fsp3) is 0.345. The molecule has 0 bridgehead atoms. The van der Waals surface area contributed by atoms with Crippen molar-refractivity contribution in [3.8, 4) is 11.5 Å². The number of benzene rings is 3. The number of nitrogens with one attached hydrogen (secondary N) is 1. The highest BCUT2D eigenvalue weighted by Gasteiger charge is 2.26. The van der Waals surface area contributed by atoms with Gasteiger partial charge in [0.1, 0.15) is 17.3 Å². The first-order chi connectivity index (χ1) is 17.9. The smallest absolute Gasteiger partial charge is 0.258 e. The van der Waals surface area contributed by atoms with Crippen molar-refractivity contribution >= 4 is 17.3 Å². The Morgan fingerprint density at radius 1 is 0.919 bits per heavy atom. The minimum atomic E-state index is -0.227. The van der Waals surface area contributed by atoms with E-state index >= 15 is 0 Å². The molecule has 0 saturated carbocycles. The molecule has 1 fully saturated rings. The monoisotopic (exact) mass is 506 g/mol. The standard InChI is InChI=1S/C29H35FN4O3/c1-32(2)24-8-4-22(5-9-24)28(20-31-29(35)21-37-27-14-12-26(36-3)13-15-27)34-18-16-33(17-19-34)25-10-6-23(30)7-11-25/h4-15,28H,16-21H2,1-3H3,(H,31,35). The molecule has 1 amide bonds. The predicted molar refractivity (Wildman–Crippen MR) is 145 cm³/mol. The topological polar surface area (TPSA) is 57.3 Å². The zero-order valence-corrected chi connectivity index (χ0v) is 21.7. The first-order valence-corrected chi connectivity index (χ1v) is 12.5. The molecule has 4 rings (SSSR count). The largest absolute Gasteiger partial charge is 0.497 e. The second-order valence-corrected chi connectivity index (χ2v) is 9.27. The van der Waals surface area contributed by atoms with Gasteiger partial charge in [-0.2, -0.15) is 0 Å². The summed E-state index contributed by atoms with van der Waals surface area (Å²) in [5, 5.41) is 3.06. The Kier molecular flexibility index (Phi) is 8.85. The van der Waals surface area contributed by atoms with E-state index < -0.39 is 0 Å². The predicted octanol–water partition coefficient (Wildman–Crippen LogP) is 3.96. The van der Waals surface area contributed by atoms with Gasteiger partial charge in [-0.3, -0.25) is 9.69 Å². The highest BCUT2D eigenvalue weighted by Crippen LogP contribution is 2.26. The maximum Gasteiger partial charge on any atom is 0.258 e. The van der Waals surface area contributed by atoms with Crippen LogP contribution in [-0.4, -0.2) is 71.3 Å². The summed E-state index contributed by atoms with van der Waals surface area (Å²) in [6, 6.07) is 22.3. The lowest BCUT2D eigenvalue weighted by Gasteiger charge is -2.40. The Morgan fingerprint density at radius 2 is 1.54 bits per heavy atom. The van der Waals surface area contributed by atoms with Gasteiger partial charge in [-0.15, -0.1) is 0 Å². The third-order valence-corrected chi connectivity index (χ3v) is 6.66. The zero-order valence-electron chi connectivity index (χ0n) is 21.7. The van der Waals surface area contributed by atoms with E-state index in [1.807, 2.05) is 26.2 Å². The van der Waals surface area contributed by atoms with Crippen LogP contribution in [0.1, 0.15) is 11.6 Å². The average Bonchev–Trinajstić information content (AvgIpc) is 2.93. The number of ether oxygens (including phenoxy) is 2. The molecule has 0 radical (unpaired) electrons. The number of carbonyl (C=O) groups excluding carboxylic acids is 1. The van der Waals surface area contributed by atoms with Crippen molar-refractivity contribution in [2.45, 2.75) is 6.04 Å². The maximum atomic E-state index is 13.3.